The molecule has 4 heteroatoms. The molecule has 3 aliphatic rings. The van der Waals surface area contributed by atoms with E-state index in [0.717, 1.165) is 51.4 Å². The van der Waals surface area contributed by atoms with Gasteiger partial charge in [-0.2, -0.15) is 0 Å². The zero-order chi connectivity index (χ0) is 28.6. The highest BCUT2D eigenvalue weighted by Crippen LogP contribution is 2.35. The molecular weight excluding hydrogens is 488 g/mol. The molecule has 0 fully saturated rings. The highest BCUT2D eigenvalue weighted by atomic mass is 15.0. The third-order valence-corrected chi connectivity index (χ3v) is 9.49. The topological polar surface area (TPSA) is 55.6 Å². The third kappa shape index (κ3) is 4.63. The lowest BCUT2D eigenvalue weighted by Crippen LogP contribution is -2.27. The van der Waals surface area contributed by atoms with E-state index < -0.39 is 0 Å². The highest BCUT2D eigenvalue weighted by molar-refractivity contribution is 5.71. The van der Waals surface area contributed by atoms with Gasteiger partial charge in [-0.3, -0.25) is 0 Å². The van der Waals surface area contributed by atoms with Gasteiger partial charge in [0.2, 0.25) is 0 Å². The monoisotopic (exact) mass is 538 g/mol. The number of aromatic nitrogens is 2. The molecule has 40 heavy (non-hydrogen) atoms. The Morgan fingerprint density at radius 2 is 0.875 bits per heavy atom. The van der Waals surface area contributed by atoms with Gasteiger partial charge in [-0.15, -0.1) is 0 Å². The Labute approximate surface area is 241 Å². The predicted molar refractivity (Wildman–Crippen MR) is 172 cm³/mol. The molecule has 2 atom stereocenters. The van der Waals surface area contributed by atoms with E-state index in [9.17, 15) is 0 Å². The van der Waals surface area contributed by atoms with Crippen molar-refractivity contribution < 1.29 is 0 Å². The zero-order valence-corrected chi connectivity index (χ0v) is 26.1. The van der Waals surface area contributed by atoms with Crippen LogP contribution < -0.4 is 21.3 Å². The van der Waals surface area contributed by atoms with E-state index in [1.54, 1.807) is 0 Å². The second-order valence-corrected chi connectivity index (χ2v) is 11.3. The first-order valence-electron chi connectivity index (χ1n) is 16.0. The normalized spacial score (nSPS) is 20.2. The van der Waals surface area contributed by atoms with E-state index in [1.165, 1.54) is 78.0 Å². The molecule has 5 heterocycles. The van der Waals surface area contributed by atoms with Gasteiger partial charge in [0.25, 0.3) is 0 Å². The summed E-state index contributed by atoms with van der Waals surface area (Å²) in [5.41, 5.74) is 16.9. The molecule has 2 unspecified atom stereocenters. The van der Waals surface area contributed by atoms with Crippen LogP contribution in [0.4, 0.5) is 0 Å². The van der Waals surface area contributed by atoms with Gasteiger partial charge in [0, 0.05) is 33.5 Å². The van der Waals surface area contributed by atoms with E-state index >= 15 is 0 Å². The molecule has 0 aliphatic carbocycles. The average molecular weight is 539 g/mol. The molecular formula is C36H50N4. The lowest BCUT2D eigenvalue weighted by molar-refractivity contribution is 0.811. The number of allylic oxidation sites excluding steroid dienone is 2. The Morgan fingerprint density at radius 1 is 0.475 bits per heavy atom. The summed E-state index contributed by atoms with van der Waals surface area (Å²) in [5.74, 6) is 0. The molecule has 0 saturated carbocycles. The maximum Gasteiger partial charge on any atom is 0.0687 e. The van der Waals surface area contributed by atoms with Crippen molar-refractivity contribution in [3.8, 4) is 0 Å². The average Bonchev–Trinajstić information content (AvgIpc) is 3.67. The van der Waals surface area contributed by atoms with Crippen molar-refractivity contribution in [1.29, 1.82) is 0 Å². The third-order valence-electron chi connectivity index (χ3n) is 9.49. The van der Waals surface area contributed by atoms with Gasteiger partial charge in [-0.25, -0.2) is 0 Å². The van der Waals surface area contributed by atoms with Gasteiger partial charge in [-0.05, 0) is 120 Å². The fourth-order valence-electron chi connectivity index (χ4n) is 7.66. The Balaban J connectivity index is 1.86. The maximum atomic E-state index is 3.96. The Kier molecular flexibility index (Phi) is 8.35. The molecule has 214 valence electrons. The summed E-state index contributed by atoms with van der Waals surface area (Å²) in [6.07, 6.45) is 18.0. The Hall–Kier alpha value is -3.14. The van der Waals surface area contributed by atoms with Crippen LogP contribution in [-0.4, -0.2) is 22.1 Å². The summed E-state index contributed by atoms with van der Waals surface area (Å²) < 4.78 is 0. The Bertz CT molecular complexity index is 1420. The number of hydrogen-bond acceptors (Lipinski definition) is 2. The summed E-state index contributed by atoms with van der Waals surface area (Å²) in [7, 11) is 0. The van der Waals surface area contributed by atoms with Gasteiger partial charge in [0.1, 0.15) is 0 Å². The second kappa shape index (κ2) is 11.8. The van der Waals surface area contributed by atoms with Crippen molar-refractivity contribution in [2.45, 2.75) is 119 Å². The molecule has 4 N–H and O–H groups in total. The van der Waals surface area contributed by atoms with Crippen LogP contribution in [0.3, 0.4) is 0 Å². The van der Waals surface area contributed by atoms with Crippen LogP contribution in [0.5, 0.6) is 0 Å². The first-order chi connectivity index (χ1) is 19.5. The highest BCUT2D eigenvalue weighted by Gasteiger charge is 2.29. The summed E-state index contributed by atoms with van der Waals surface area (Å²) in [4.78, 5) is 7.80. The molecule has 5 rings (SSSR count). The van der Waals surface area contributed by atoms with E-state index in [2.05, 4.69) is 100 Å². The number of H-pyrrole nitrogens is 2. The smallest absolute Gasteiger partial charge is 0.0687 e. The van der Waals surface area contributed by atoms with Crippen molar-refractivity contribution in [2.75, 3.05) is 0 Å². The molecule has 0 amide bonds. The van der Waals surface area contributed by atoms with E-state index in [-0.39, 0.29) is 12.1 Å². The lowest BCUT2D eigenvalue weighted by atomic mass is 9.97. The quantitative estimate of drug-likeness (QED) is 0.301. The first kappa shape index (κ1) is 28.4. The number of nitrogens with one attached hydrogen (secondary N) is 4. The minimum absolute atomic E-state index is 0.208. The summed E-state index contributed by atoms with van der Waals surface area (Å²) in [6, 6.07) is 0.416. The van der Waals surface area contributed by atoms with Crippen LogP contribution in [-0.2, 0) is 25.7 Å². The Morgan fingerprint density at radius 3 is 1.20 bits per heavy atom. The van der Waals surface area contributed by atoms with Crippen LogP contribution >= 0.6 is 0 Å². The minimum atomic E-state index is 0.208. The zero-order valence-electron chi connectivity index (χ0n) is 26.1. The molecule has 0 saturated heterocycles. The molecule has 8 bridgehead atoms. The second-order valence-electron chi connectivity index (χ2n) is 11.3. The van der Waals surface area contributed by atoms with Crippen LogP contribution in [0, 0.1) is 0 Å². The maximum absolute atomic E-state index is 3.96. The number of aromatic amines is 2. The van der Waals surface area contributed by atoms with Crippen molar-refractivity contribution >= 4 is 24.3 Å². The van der Waals surface area contributed by atoms with Crippen molar-refractivity contribution in [1.82, 2.24) is 20.6 Å². The molecule has 0 spiro atoms. The van der Waals surface area contributed by atoms with Crippen molar-refractivity contribution in [3.63, 3.8) is 0 Å². The summed E-state index contributed by atoms with van der Waals surface area (Å²) >= 11 is 0. The van der Waals surface area contributed by atoms with Gasteiger partial charge in [0.05, 0.1) is 12.1 Å². The first-order valence-corrected chi connectivity index (χ1v) is 16.0. The van der Waals surface area contributed by atoms with Crippen molar-refractivity contribution in [3.05, 3.63) is 78.0 Å². The molecule has 3 aliphatic heterocycles. The molecule has 2 aromatic rings. The van der Waals surface area contributed by atoms with Gasteiger partial charge in [-0.1, -0.05) is 55.4 Å². The number of fused-ring (bicyclic) bond motifs is 8. The van der Waals surface area contributed by atoms with Gasteiger partial charge in [0.15, 0.2) is 0 Å². The summed E-state index contributed by atoms with van der Waals surface area (Å²) in [6.45, 7) is 18.4. The molecule has 0 aromatic carbocycles. The van der Waals surface area contributed by atoms with Crippen LogP contribution in [0.25, 0.3) is 24.3 Å². The fraction of sp³-hybridized carbons (Fsp3) is 0.500. The van der Waals surface area contributed by atoms with Crippen LogP contribution in [0.1, 0.15) is 115 Å². The number of rotatable bonds is 8. The number of hydrogen-bond donors (Lipinski definition) is 4. The van der Waals surface area contributed by atoms with Crippen LogP contribution in [0.2, 0.25) is 0 Å². The minimum Gasteiger partial charge on any atom is -0.375 e. The lowest BCUT2D eigenvalue weighted by Gasteiger charge is -2.11. The SMILES string of the molecule is CCC1=C(CC)C2C=c3[nH]c(c(CC)c3CC)=CC3NC(=Cc4[nH]c(c(CC)c4CC)C=C1N2)C(CC)=C3CC. The van der Waals surface area contributed by atoms with Gasteiger partial charge < -0.3 is 20.6 Å². The predicted octanol–water partition coefficient (Wildman–Crippen LogP) is 6.73. The van der Waals surface area contributed by atoms with Crippen LogP contribution in [0.15, 0.2) is 33.7 Å². The molecule has 4 nitrogen and oxygen atoms in total. The van der Waals surface area contributed by atoms with E-state index in [4.69, 9.17) is 0 Å². The largest absolute Gasteiger partial charge is 0.375 e. The van der Waals surface area contributed by atoms with E-state index in [0.29, 0.717) is 0 Å². The fourth-order valence-corrected chi connectivity index (χ4v) is 7.66. The summed E-state index contributed by atoms with van der Waals surface area (Å²) in [5, 5.41) is 10.5. The standard InChI is InChI=1S/C36H50N4/c1-9-21-22(10-2)30-18-32-25(13-5)26(14-6)34(39-32)20-36-28(16-8)27(15-7)35(40-36)19-33-24(12-4)23(11-3)31(38-33)17-29(21)37-30/h17-20,29,35,37-40H,9-16H2,1-8H3. The van der Waals surface area contributed by atoms with E-state index in [1.807, 2.05) is 0 Å². The molecule has 2 aromatic heterocycles. The molecule has 0 radical (unpaired) electrons. The van der Waals surface area contributed by atoms with Gasteiger partial charge >= 0.3 is 0 Å². The van der Waals surface area contributed by atoms with Crippen molar-refractivity contribution in [2.24, 2.45) is 0 Å².